The number of fused-ring (bicyclic) bond motifs is 3. The first-order valence-electron chi connectivity index (χ1n) is 6.28. The molecule has 0 unspecified atom stereocenters. The van der Waals surface area contributed by atoms with E-state index in [4.69, 9.17) is 23.2 Å². The van der Waals surface area contributed by atoms with E-state index in [1.807, 2.05) is 12.1 Å². The summed E-state index contributed by atoms with van der Waals surface area (Å²) in [6.07, 6.45) is 3.40. The van der Waals surface area contributed by atoms with Crippen molar-refractivity contribution < 1.29 is 4.79 Å². The molecule has 1 aromatic carbocycles. The number of piperidine rings is 1. The third-order valence-corrected chi connectivity index (χ3v) is 5.16. The standard InChI is InChI=1S/C14H15Cl2NO/c1-14-5-4-13(18)17-12(14)3-2-8-6-10(15)11(16)7-9(8)14/h6-7,12H,2-5H2,1H3,(H,17,18)/t12-,14-/m0/s1. The summed E-state index contributed by atoms with van der Waals surface area (Å²) in [6, 6.07) is 4.20. The molecule has 0 bridgehead atoms. The summed E-state index contributed by atoms with van der Waals surface area (Å²) in [5.74, 6) is 0.168. The topological polar surface area (TPSA) is 29.1 Å². The molecule has 1 heterocycles. The average Bonchev–Trinajstić information content (AvgIpc) is 2.33. The molecule has 96 valence electrons. The molecule has 1 N–H and O–H groups in total. The molecular formula is C14H15Cl2NO. The fourth-order valence-corrected chi connectivity index (χ4v) is 3.66. The van der Waals surface area contributed by atoms with Crippen LogP contribution in [0.25, 0.3) is 0 Å². The Hall–Kier alpha value is -0.730. The highest BCUT2D eigenvalue weighted by molar-refractivity contribution is 6.42. The summed E-state index contributed by atoms with van der Waals surface area (Å²) < 4.78 is 0. The minimum Gasteiger partial charge on any atom is -0.352 e. The van der Waals surface area contributed by atoms with Gasteiger partial charge in [-0.2, -0.15) is 0 Å². The van der Waals surface area contributed by atoms with Gasteiger partial charge >= 0.3 is 0 Å². The van der Waals surface area contributed by atoms with E-state index in [9.17, 15) is 4.79 Å². The molecule has 18 heavy (non-hydrogen) atoms. The molecule has 1 aliphatic heterocycles. The van der Waals surface area contributed by atoms with Crippen molar-refractivity contribution in [2.75, 3.05) is 0 Å². The van der Waals surface area contributed by atoms with Crippen LogP contribution in [0.15, 0.2) is 12.1 Å². The SMILES string of the molecule is C[C@@]12CCC(=O)N[C@H]1CCc1cc(Cl)c(Cl)cc12. The van der Waals surface area contributed by atoms with Crippen LogP contribution in [-0.2, 0) is 16.6 Å². The van der Waals surface area contributed by atoms with E-state index in [2.05, 4.69) is 12.2 Å². The quantitative estimate of drug-likeness (QED) is 0.776. The first kappa shape index (κ1) is 12.3. The number of benzene rings is 1. The van der Waals surface area contributed by atoms with Crippen molar-refractivity contribution in [2.24, 2.45) is 0 Å². The van der Waals surface area contributed by atoms with Gasteiger partial charge in [-0.25, -0.2) is 0 Å². The lowest BCUT2D eigenvalue weighted by Gasteiger charge is -2.46. The Morgan fingerprint density at radius 2 is 2.00 bits per heavy atom. The molecule has 3 rings (SSSR count). The predicted molar refractivity (Wildman–Crippen MR) is 73.3 cm³/mol. The summed E-state index contributed by atoms with van der Waals surface area (Å²) in [6.45, 7) is 2.22. The van der Waals surface area contributed by atoms with Crippen LogP contribution in [0.3, 0.4) is 0 Å². The number of aryl methyl sites for hydroxylation is 1. The zero-order valence-electron chi connectivity index (χ0n) is 10.2. The molecule has 0 radical (unpaired) electrons. The predicted octanol–water partition coefficient (Wildman–Crippen LogP) is 3.48. The summed E-state index contributed by atoms with van der Waals surface area (Å²) in [5.41, 5.74) is 2.53. The van der Waals surface area contributed by atoms with Crippen molar-refractivity contribution in [1.29, 1.82) is 0 Å². The molecule has 4 heteroatoms. The minimum absolute atomic E-state index is 0.00424. The van der Waals surface area contributed by atoms with Crippen LogP contribution in [0.1, 0.15) is 37.3 Å². The Balaban J connectivity index is 2.10. The van der Waals surface area contributed by atoms with Gasteiger partial charge < -0.3 is 5.32 Å². The number of carbonyl (C=O) groups is 1. The van der Waals surface area contributed by atoms with Crippen molar-refractivity contribution in [1.82, 2.24) is 5.32 Å². The molecule has 1 saturated heterocycles. The third-order valence-electron chi connectivity index (χ3n) is 4.44. The highest BCUT2D eigenvalue weighted by Crippen LogP contribution is 2.44. The van der Waals surface area contributed by atoms with Crippen molar-refractivity contribution in [2.45, 2.75) is 44.1 Å². The number of nitrogens with one attached hydrogen (secondary N) is 1. The van der Waals surface area contributed by atoms with Crippen LogP contribution in [0.4, 0.5) is 0 Å². The maximum atomic E-state index is 11.5. The summed E-state index contributed by atoms with van der Waals surface area (Å²) in [7, 11) is 0. The molecule has 2 nitrogen and oxygen atoms in total. The number of halogens is 2. The number of carbonyl (C=O) groups excluding carboxylic acids is 1. The molecule has 1 fully saturated rings. The molecule has 1 aromatic rings. The van der Waals surface area contributed by atoms with Gasteiger partial charge in [0.25, 0.3) is 0 Å². The van der Waals surface area contributed by atoms with E-state index in [1.165, 1.54) is 11.1 Å². The summed E-state index contributed by atoms with van der Waals surface area (Å²) in [4.78, 5) is 11.5. The Labute approximate surface area is 117 Å². The average molecular weight is 284 g/mol. The first-order valence-corrected chi connectivity index (χ1v) is 7.04. The second-order valence-electron chi connectivity index (χ2n) is 5.50. The van der Waals surface area contributed by atoms with E-state index in [-0.39, 0.29) is 17.4 Å². The molecule has 0 aromatic heterocycles. The number of hydrogen-bond acceptors (Lipinski definition) is 1. The van der Waals surface area contributed by atoms with Gasteiger partial charge in [0.05, 0.1) is 10.0 Å². The van der Waals surface area contributed by atoms with E-state index in [1.54, 1.807) is 0 Å². The molecule has 2 aliphatic rings. The Morgan fingerprint density at radius 1 is 1.28 bits per heavy atom. The Morgan fingerprint density at radius 3 is 2.78 bits per heavy atom. The Kier molecular flexibility index (Phi) is 2.83. The Bertz CT molecular complexity index is 529. The minimum atomic E-state index is -0.00424. The molecule has 2 atom stereocenters. The fraction of sp³-hybridized carbons (Fsp3) is 0.500. The highest BCUT2D eigenvalue weighted by atomic mass is 35.5. The maximum Gasteiger partial charge on any atom is 0.220 e. The smallest absolute Gasteiger partial charge is 0.220 e. The van der Waals surface area contributed by atoms with Crippen LogP contribution < -0.4 is 5.32 Å². The van der Waals surface area contributed by atoms with Crippen LogP contribution in [0.5, 0.6) is 0 Å². The lowest BCUT2D eigenvalue weighted by molar-refractivity contribution is -0.125. The zero-order valence-corrected chi connectivity index (χ0v) is 11.7. The van der Waals surface area contributed by atoms with Gasteiger partial charge in [-0.05, 0) is 42.5 Å². The number of amides is 1. The summed E-state index contributed by atoms with van der Waals surface area (Å²) in [5, 5.41) is 4.35. The lowest BCUT2D eigenvalue weighted by atomic mass is 9.64. The zero-order chi connectivity index (χ0) is 12.9. The van der Waals surface area contributed by atoms with Crippen LogP contribution in [0, 0.1) is 0 Å². The molecule has 0 spiro atoms. The molecule has 1 aliphatic carbocycles. The fourth-order valence-electron chi connectivity index (χ4n) is 3.31. The highest BCUT2D eigenvalue weighted by Gasteiger charge is 2.44. The van der Waals surface area contributed by atoms with Gasteiger partial charge in [0.1, 0.15) is 0 Å². The first-order chi connectivity index (χ1) is 8.50. The van der Waals surface area contributed by atoms with Crippen molar-refractivity contribution in [3.8, 4) is 0 Å². The largest absolute Gasteiger partial charge is 0.352 e. The number of hydrogen-bond donors (Lipinski definition) is 1. The van der Waals surface area contributed by atoms with E-state index in [0.29, 0.717) is 16.5 Å². The summed E-state index contributed by atoms with van der Waals surface area (Å²) >= 11 is 12.2. The van der Waals surface area contributed by atoms with E-state index >= 15 is 0 Å². The maximum absolute atomic E-state index is 11.5. The molecular weight excluding hydrogens is 269 g/mol. The van der Waals surface area contributed by atoms with E-state index in [0.717, 1.165) is 19.3 Å². The monoisotopic (exact) mass is 283 g/mol. The van der Waals surface area contributed by atoms with Crippen LogP contribution in [0.2, 0.25) is 10.0 Å². The van der Waals surface area contributed by atoms with Crippen molar-refractivity contribution >= 4 is 29.1 Å². The van der Waals surface area contributed by atoms with E-state index < -0.39 is 0 Å². The van der Waals surface area contributed by atoms with Gasteiger partial charge in [0, 0.05) is 17.9 Å². The van der Waals surface area contributed by atoms with Gasteiger partial charge in [-0.3, -0.25) is 4.79 Å². The van der Waals surface area contributed by atoms with Crippen molar-refractivity contribution in [3.63, 3.8) is 0 Å². The van der Waals surface area contributed by atoms with Crippen LogP contribution >= 0.6 is 23.2 Å². The second-order valence-corrected chi connectivity index (χ2v) is 6.31. The van der Waals surface area contributed by atoms with Gasteiger partial charge in [-0.15, -0.1) is 0 Å². The third kappa shape index (κ3) is 1.74. The molecule has 0 saturated carbocycles. The van der Waals surface area contributed by atoms with Gasteiger partial charge in [-0.1, -0.05) is 30.1 Å². The van der Waals surface area contributed by atoms with Gasteiger partial charge in [0.2, 0.25) is 5.91 Å². The lowest BCUT2D eigenvalue weighted by Crippen LogP contribution is -2.55. The second kappa shape index (κ2) is 4.14. The normalized spacial score (nSPS) is 30.4. The van der Waals surface area contributed by atoms with Gasteiger partial charge in [0.15, 0.2) is 0 Å². The van der Waals surface area contributed by atoms with Crippen molar-refractivity contribution in [3.05, 3.63) is 33.3 Å². The van der Waals surface area contributed by atoms with Crippen LogP contribution in [-0.4, -0.2) is 11.9 Å². The molecule has 1 amide bonds. The number of rotatable bonds is 0.